The van der Waals surface area contributed by atoms with Gasteiger partial charge in [0, 0.05) is 17.3 Å². The third-order valence-electron chi connectivity index (χ3n) is 2.49. The molecule has 21 heavy (non-hydrogen) atoms. The minimum atomic E-state index is -0.628. The Kier molecular flexibility index (Phi) is 4.64. The lowest BCUT2D eigenvalue weighted by atomic mass is 10.2. The van der Waals surface area contributed by atoms with Gasteiger partial charge in [-0.05, 0) is 19.1 Å². The van der Waals surface area contributed by atoms with Crippen molar-refractivity contribution in [3.05, 3.63) is 57.9 Å². The van der Waals surface area contributed by atoms with Crippen molar-refractivity contribution in [2.75, 3.05) is 0 Å². The van der Waals surface area contributed by atoms with Gasteiger partial charge in [-0.15, -0.1) is 11.3 Å². The van der Waals surface area contributed by atoms with Gasteiger partial charge in [-0.2, -0.15) is 5.26 Å². The first kappa shape index (κ1) is 14.7. The molecular formula is C14H11FN4OS. The fourth-order valence-electron chi connectivity index (χ4n) is 1.51. The number of nitrogens with zero attached hydrogens (tertiary/aromatic N) is 2. The van der Waals surface area contributed by atoms with E-state index in [-0.39, 0.29) is 11.1 Å². The molecule has 2 N–H and O–H groups in total. The van der Waals surface area contributed by atoms with Crippen molar-refractivity contribution in [2.24, 2.45) is 0 Å². The number of thiazole rings is 1. The molecule has 1 heterocycles. The fraction of sp³-hybridized carbons (Fsp3) is 0.0714. The molecule has 1 amide bonds. The summed E-state index contributed by atoms with van der Waals surface area (Å²) in [5.74, 6) is -1.24. The maximum absolute atomic E-state index is 13.4. The molecule has 0 aliphatic rings. The van der Waals surface area contributed by atoms with Crippen LogP contribution in [0, 0.1) is 24.1 Å². The summed E-state index contributed by atoms with van der Waals surface area (Å²) in [7, 11) is 0. The van der Waals surface area contributed by atoms with Crippen LogP contribution < -0.4 is 10.9 Å². The highest BCUT2D eigenvalue weighted by molar-refractivity contribution is 7.10. The summed E-state index contributed by atoms with van der Waals surface area (Å²) in [6.07, 6.45) is 1.32. The van der Waals surface area contributed by atoms with Gasteiger partial charge in [0.25, 0.3) is 5.91 Å². The molecule has 0 radical (unpaired) electrons. The molecule has 1 aromatic carbocycles. The second-order valence-corrected chi connectivity index (χ2v) is 4.90. The molecule has 5 nitrogen and oxygen atoms in total. The number of hydrogen-bond donors (Lipinski definition) is 2. The number of aromatic nitrogens is 1. The molecule has 0 fully saturated rings. The Bertz CT molecular complexity index is 733. The monoisotopic (exact) mass is 302 g/mol. The summed E-state index contributed by atoms with van der Waals surface area (Å²) in [5.41, 5.74) is 5.80. The number of aryl methyl sites for hydroxylation is 1. The standard InChI is InChI=1S/C14H11FN4OS/c1-9-8-21-14(18-9)10(6-16)7-17-19-13(20)11-4-2-3-5-12(11)15/h2-5,7-8,17H,1H3,(H,19,20)/b10-7+. The molecule has 0 aliphatic heterocycles. The lowest BCUT2D eigenvalue weighted by molar-refractivity contribution is 0.0937. The molecule has 7 heteroatoms. The third-order valence-corrected chi connectivity index (χ3v) is 3.48. The molecule has 0 unspecified atom stereocenters. The summed E-state index contributed by atoms with van der Waals surface area (Å²) in [6.45, 7) is 1.82. The zero-order valence-electron chi connectivity index (χ0n) is 11.1. The van der Waals surface area contributed by atoms with Gasteiger partial charge in [0.2, 0.25) is 0 Å². The van der Waals surface area contributed by atoms with Gasteiger partial charge in [-0.1, -0.05) is 12.1 Å². The van der Waals surface area contributed by atoms with Gasteiger partial charge in [-0.25, -0.2) is 9.37 Å². The normalized spacial score (nSPS) is 10.8. The number of halogens is 1. The van der Waals surface area contributed by atoms with E-state index in [9.17, 15) is 9.18 Å². The van der Waals surface area contributed by atoms with Gasteiger partial charge < -0.3 is 5.43 Å². The Hall–Kier alpha value is -2.72. The number of carbonyl (C=O) groups excluding carboxylic acids is 1. The maximum atomic E-state index is 13.4. The second-order valence-electron chi connectivity index (χ2n) is 4.04. The molecule has 0 aliphatic carbocycles. The molecule has 0 bridgehead atoms. The fourth-order valence-corrected chi connectivity index (χ4v) is 2.27. The van der Waals surface area contributed by atoms with Crippen molar-refractivity contribution < 1.29 is 9.18 Å². The van der Waals surface area contributed by atoms with Crippen molar-refractivity contribution >= 4 is 22.8 Å². The lowest BCUT2D eigenvalue weighted by Gasteiger charge is -2.05. The van der Waals surface area contributed by atoms with E-state index < -0.39 is 11.7 Å². The van der Waals surface area contributed by atoms with Crippen LogP contribution in [-0.2, 0) is 0 Å². The second kappa shape index (κ2) is 6.63. The summed E-state index contributed by atoms with van der Waals surface area (Å²) in [6, 6.07) is 7.60. The van der Waals surface area contributed by atoms with E-state index in [1.165, 1.54) is 35.7 Å². The van der Waals surface area contributed by atoms with E-state index in [1.54, 1.807) is 6.07 Å². The first-order valence-corrected chi connectivity index (χ1v) is 6.83. The zero-order chi connectivity index (χ0) is 15.2. The molecular weight excluding hydrogens is 291 g/mol. The zero-order valence-corrected chi connectivity index (χ0v) is 11.9. The van der Waals surface area contributed by atoms with Crippen molar-refractivity contribution in [3.63, 3.8) is 0 Å². The van der Waals surface area contributed by atoms with Crippen molar-refractivity contribution in [1.29, 1.82) is 5.26 Å². The highest BCUT2D eigenvalue weighted by atomic mass is 32.1. The topological polar surface area (TPSA) is 77.8 Å². The number of carbonyl (C=O) groups is 1. The molecule has 0 atom stereocenters. The molecule has 1 aromatic heterocycles. The van der Waals surface area contributed by atoms with Crippen LogP contribution in [0.15, 0.2) is 35.8 Å². The minimum Gasteiger partial charge on any atom is -0.304 e. The van der Waals surface area contributed by atoms with Crippen molar-refractivity contribution in [1.82, 2.24) is 15.8 Å². The largest absolute Gasteiger partial charge is 0.304 e. The van der Waals surface area contributed by atoms with Crippen LogP contribution in [0.3, 0.4) is 0 Å². The van der Waals surface area contributed by atoms with Crippen LogP contribution in [0.1, 0.15) is 21.1 Å². The van der Waals surface area contributed by atoms with Crippen molar-refractivity contribution in [2.45, 2.75) is 6.92 Å². The average molecular weight is 302 g/mol. The van der Waals surface area contributed by atoms with Crippen LogP contribution in [0.2, 0.25) is 0 Å². The first-order chi connectivity index (χ1) is 10.1. The lowest BCUT2D eigenvalue weighted by Crippen LogP contribution is -2.34. The van der Waals surface area contributed by atoms with E-state index in [4.69, 9.17) is 5.26 Å². The molecule has 2 aromatic rings. The Morgan fingerprint density at radius 2 is 2.24 bits per heavy atom. The van der Waals surface area contributed by atoms with Crippen LogP contribution in [0.4, 0.5) is 4.39 Å². The number of hydrogen-bond acceptors (Lipinski definition) is 5. The molecule has 2 rings (SSSR count). The molecule has 0 saturated heterocycles. The van der Waals surface area contributed by atoms with E-state index in [0.29, 0.717) is 5.01 Å². The Balaban J connectivity index is 2.03. The number of nitrogens with one attached hydrogen (secondary N) is 2. The SMILES string of the molecule is Cc1csc(/C(C#N)=C/NNC(=O)c2ccccc2F)n1. The van der Waals surface area contributed by atoms with Gasteiger partial charge in [0.05, 0.1) is 5.56 Å². The van der Waals surface area contributed by atoms with Crippen LogP contribution >= 0.6 is 11.3 Å². The highest BCUT2D eigenvalue weighted by Crippen LogP contribution is 2.17. The predicted octanol–water partition coefficient (Wildman–Crippen LogP) is 2.39. The number of benzene rings is 1. The van der Waals surface area contributed by atoms with Crippen molar-refractivity contribution in [3.8, 4) is 6.07 Å². The van der Waals surface area contributed by atoms with Gasteiger partial charge >= 0.3 is 0 Å². The van der Waals surface area contributed by atoms with E-state index in [0.717, 1.165) is 5.69 Å². The first-order valence-electron chi connectivity index (χ1n) is 5.95. The van der Waals surface area contributed by atoms with Gasteiger partial charge in [0.1, 0.15) is 22.5 Å². The molecule has 106 valence electrons. The number of hydrazine groups is 1. The number of amides is 1. The summed E-state index contributed by atoms with van der Waals surface area (Å²) < 4.78 is 13.4. The highest BCUT2D eigenvalue weighted by Gasteiger charge is 2.10. The average Bonchev–Trinajstić information content (AvgIpc) is 2.90. The van der Waals surface area contributed by atoms with E-state index in [2.05, 4.69) is 15.8 Å². The maximum Gasteiger partial charge on any atom is 0.272 e. The van der Waals surface area contributed by atoms with Crippen LogP contribution in [-0.4, -0.2) is 10.9 Å². The molecule has 0 saturated carbocycles. The number of rotatable bonds is 4. The summed E-state index contributed by atoms with van der Waals surface area (Å²) >= 11 is 1.33. The van der Waals surface area contributed by atoms with Crippen LogP contribution in [0.25, 0.3) is 5.57 Å². The number of allylic oxidation sites excluding steroid dienone is 1. The minimum absolute atomic E-state index is 0.0815. The quantitative estimate of drug-likeness (QED) is 0.671. The summed E-state index contributed by atoms with van der Waals surface area (Å²) in [5, 5.41) is 11.4. The predicted molar refractivity (Wildman–Crippen MR) is 77.4 cm³/mol. The smallest absolute Gasteiger partial charge is 0.272 e. The third kappa shape index (κ3) is 3.64. The summed E-state index contributed by atoms with van der Waals surface area (Å²) in [4.78, 5) is 15.9. The Morgan fingerprint density at radius 1 is 1.48 bits per heavy atom. The van der Waals surface area contributed by atoms with Gasteiger partial charge in [-0.3, -0.25) is 10.2 Å². The Morgan fingerprint density at radius 3 is 2.86 bits per heavy atom. The van der Waals surface area contributed by atoms with E-state index in [1.807, 2.05) is 18.4 Å². The molecule has 0 spiro atoms. The Labute approximate surface area is 124 Å². The van der Waals surface area contributed by atoms with Gasteiger partial charge in [0.15, 0.2) is 0 Å². The van der Waals surface area contributed by atoms with Crippen LogP contribution in [0.5, 0.6) is 0 Å². The van der Waals surface area contributed by atoms with E-state index >= 15 is 0 Å². The number of nitriles is 1.